The molecule has 2 N–H and O–H groups in total. The number of aliphatic imine (C=N–C) groups is 1. The lowest BCUT2D eigenvalue weighted by Crippen LogP contribution is -2.38. The molecule has 4 nitrogen and oxygen atoms in total. The van der Waals surface area contributed by atoms with Crippen LogP contribution in [0.1, 0.15) is 38.2 Å². The average Bonchev–Trinajstić information content (AvgIpc) is 3.09. The Kier molecular flexibility index (Phi) is 12.3. The largest absolute Gasteiger partial charge is 0.357 e. The molecule has 0 amide bonds. The summed E-state index contributed by atoms with van der Waals surface area (Å²) in [4.78, 5) is 7.24. The molecule has 0 bridgehead atoms. The van der Waals surface area contributed by atoms with Gasteiger partial charge in [0.2, 0.25) is 0 Å². The first kappa shape index (κ1) is 22.5. The van der Waals surface area contributed by atoms with Crippen LogP contribution in [0.25, 0.3) is 0 Å². The van der Waals surface area contributed by atoms with Gasteiger partial charge in [0.15, 0.2) is 5.96 Å². The second-order valence-electron chi connectivity index (χ2n) is 6.28. The number of guanidine groups is 1. The fourth-order valence-electron chi connectivity index (χ4n) is 3.00. The summed E-state index contributed by atoms with van der Waals surface area (Å²) in [5, 5.41) is 7.55. The number of halogens is 2. The number of hydrogen-bond donors (Lipinski definition) is 2. The van der Waals surface area contributed by atoms with E-state index in [2.05, 4.69) is 33.5 Å². The van der Waals surface area contributed by atoms with Crippen molar-refractivity contribution < 1.29 is 0 Å². The van der Waals surface area contributed by atoms with Gasteiger partial charge in [-0.2, -0.15) is 0 Å². The zero-order valence-electron chi connectivity index (χ0n) is 15.3. The van der Waals surface area contributed by atoms with Crippen LogP contribution in [0.15, 0.2) is 29.3 Å². The zero-order chi connectivity index (χ0) is 17.0. The van der Waals surface area contributed by atoms with Crippen molar-refractivity contribution >= 4 is 41.5 Å². The second-order valence-corrected chi connectivity index (χ2v) is 6.69. The van der Waals surface area contributed by atoms with E-state index in [9.17, 15) is 0 Å². The third-order valence-electron chi connectivity index (χ3n) is 4.34. The summed E-state index contributed by atoms with van der Waals surface area (Å²) in [5.74, 6) is 0.908. The van der Waals surface area contributed by atoms with Crippen LogP contribution >= 0.6 is 35.6 Å². The Labute approximate surface area is 174 Å². The summed E-state index contributed by atoms with van der Waals surface area (Å²) in [5.41, 5.74) is 1.17. The van der Waals surface area contributed by atoms with Gasteiger partial charge in [-0.15, -0.1) is 24.0 Å². The molecule has 6 heteroatoms. The molecule has 1 heterocycles. The van der Waals surface area contributed by atoms with Crippen LogP contribution in [0.4, 0.5) is 0 Å². The van der Waals surface area contributed by atoms with Crippen LogP contribution in [0.3, 0.4) is 0 Å². The highest BCUT2D eigenvalue weighted by molar-refractivity contribution is 14.0. The fraction of sp³-hybridized carbons (Fsp3) is 0.632. The molecular formula is C19H32ClIN4. The van der Waals surface area contributed by atoms with E-state index >= 15 is 0 Å². The summed E-state index contributed by atoms with van der Waals surface area (Å²) in [6.45, 7) is 8.50. The predicted octanol–water partition coefficient (Wildman–Crippen LogP) is 3.93. The molecule has 0 saturated carbocycles. The van der Waals surface area contributed by atoms with Gasteiger partial charge in [0, 0.05) is 24.7 Å². The van der Waals surface area contributed by atoms with Crippen LogP contribution in [0, 0.1) is 0 Å². The van der Waals surface area contributed by atoms with Crippen molar-refractivity contribution in [3.63, 3.8) is 0 Å². The predicted molar refractivity (Wildman–Crippen MR) is 119 cm³/mol. The second kappa shape index (κ2) is 13.6. The SMILES string of the molecule is CCNC(=NCCCCN1CCCC1)NCCc1ccccc1Cl.I. The minimum Gasteiger partial charge on any atom is -0.357 e. The van der Waals surface area contributed by atoms with Crippen LogP contribution < -0.4 is 10.6 Å². The Balaban J connectivity index is 0.00000312. The lowest BCUT2D eigenvalue weighted by atomic mass is 10.1. The number of hydrogen-bond acceptors (Lipinski definition) is 2. The number of likely N-dealkylation sites (tertiary alicyclic amines) is 1. The van der Waals surface area contributed by atoms with Crippen molar-refractivity contribution in [2.75, 3.05) is 39.3 Å². The Morgan fingerprint density at radius 2 is 1.92 bits per heavy atom. The first-order chi connectivity index (χ1) is 11.8. The smallest absolute Gasteiger partial charge is 0.191 e. The molecule has 1 aliphatic rings. The van der Waals surface area contributed by atoms with Crippen molar-refractivity contribution in [2.24, 2.45) is 4.99 Å². The van der Waals surface area contributed by atoms with E-state index in [0.717, 1.165) is 43.5 Å². The highest BCUT2D eigenvalue weighted by Crippen LogP contribution is 2.14. The molecule has 1 fully saturated rings. The van der Waals surface area contributed by atoms with Crippen LogP contribution in [0.2, 0.25) is 5.02 Å². The van der Waals surface area contributed by atoms with Gasteiger partial charge in [-0.1, -0.05) is 29.8 Å². The minimum atomic E-state index is 0. The van der Waals surface area contributed by atoms with Crippen molar-refractivity contribution in [1.82, 2.24) is 15.5 Å². The quantitative estimate of drug-likeness (QED) is 0.244. The summed E-state index contributed by atoms with van der Waals surface area (Å²) in [6.07, 6.45) is 6.04. The molecule has 1 aliphatic heterocycles. The van der Waals surface area contributed by atoms with Crippen molar-refractivity contribution in [3.8, 4) is 0 Å². The van der Waals surface area contributed by atoms with Gasteiger partial charge >= 0.3 is 0 Å². The number of rotatable bonds is 9. The molecule has 1 aromatic rings. The van der Waals surface area contributed by atoms with E-state index in [1.807, 2.05) is 18.2 Å². The van der Waals surface area contributed by atoms with E-state index in [-0.39, 0.29) is 24.0 Å². The normalized spacial score (nSPS) is 15.0. The minimum absolute atomic E-state index is 0. The molecule has 0 radical (unpaired) electrons. The van der Waals surface area contributed by atoms with Gasteiger partial charge in [0.25, 0.3) is 0 Å². The van der Waals surface area contributed by atoms with E-state index in [1.54, 1.807) is 0 Å². The topological polar surface area (TPSA) is 39.7 Å². The van der Waals surface area contributed by atoms with Crippen molar-refractivity contribution in [1.29, 1.82) is 0 Å². The molecular weight excluding hydrogens is 447 g/mol. The van der Waals surface area contributed by atoms with E-state index in [0.29, 0.717) is 0 Å². The van der Waals surface area contributed by atoms with Crippen LogP contribution in [-0.2, 0) is 6.42 Å². The maximum Gasteiger partial charge on any atom is 0.191 e. The number of nitrogens with one attached hydrogen (secondary N) is 2. The van der Waals surface area contributed by atoms with Gasteiger partial charge in [-0.3, -0.25) is 4.99 Å². The molecule has 1 saturated heterocycles. The summed E-state index contributed by atoms with van der Waals surface area (Å²) in [7, 11) is 0. The molecule has 1 aromatic carbocycles. The maximum atomic E-state index is 6.20. The summed E-state index contributed by atoms with van der Waals surface area (Å²) >= 11 is 6.20. The highest BCUT2D eigenvalue weighted by Gasteiger charge is 2.09. The molecule has 0 aliphatic carbocycles. The third-order valence-corrected chi connectivity index (χ3v) is 4.71. The van der Waals surface area contributed by atoms with Crippen molar-refractivity contribution in [2.45, 2.75) is 39.0 Å². The van der Waals surface area contributed by atoms with E-state index < -0.39 is 0 Å². The van der Waals surface area contributed by atoms with Gasteiger partial charge in [-0.25, -0.2) is 0 Å². The molecule has 142 valence electrons. The highest BCUT2D eigenvalue weighted by atomic mass is 127. The van der Waals surface area contributed by atoms with Gasteiger partial charge in [-0.05, 0) is 70.3 Å². The Morgan fingerprint density at radius 1 is 1.16 bits per heavy atom. The van der Waals surface area contributed by atoms with Crippen molar-refractivity contribution in [3.05, 3.63) is 34.9 Å². The molecule has 0 aromatic heterocycles. The van der Waals surface area contributed by atoms with Gasteiger partial charge in [0.05, 0.1) is 0 Å². The Morgan fingerprint density at radius 3 is 2.64 bits per heavy atom. The van der Waals surface area contributed by atoms with Gasteiger partial charge in [0.1, 0.15) is 0 Å². The Bertz CT molecular complexity index is 504. The summed E-state index contributed by atoms with van der Waals surface area (Å²) in [6, 6.07) is 8.01. The standard InChI is InChI=1S/C19H31ClN4.HI/c1-2-21-19(22-12-5-6-14-24-15-7-8-16-24)23-13-11-17-9-3-4-10-18(17)20;/h3-4,9-10H,2,5-8,11-16H2,1H3,(H2,21,22,23);1H. The summed E-state index contributed by atoms with van der Waals surface area (Å²) < 4.78 is 0. The number of nitrogens with zero attached hydrogens (tertiary/aromatic N) is 2. The monoisotopic (exact) mass is 478 g/mol. The molecule has 2 rings (SSSR count). The first-order valence-electron chi connectivity index (χ1n) is 9.27. The van der Waals surface area contributed by atoms with Crippen LogP contribution in [0.5, 0.6) is 0 Å². The Hall–Kier alpha value is -0.530. The number of benzene rings is 1. The number of unbranched alkanes of at least 4 members (excludes halogenated alkanes) is 1. The molecule has 0 unspecified atom stereocenters. The molecule has 0 spiro atoms. The van der Waals surface area contributed by atoms with E-state index in [4.69, 9.17) is 11.6 Å². The average molecular weight is 479 g/mol. The van der Waals surface area contributed by atoms with E-state index in [1.165, 1.54) is 44.5 Å². The lowest BCUT2D eigenvalue weighted by Gasteiger charge is -2.14. The van der Waals surface area contributed by atoms with Gasteiger partial charge < -0.3 is 15.5 Å². The van der Waals surface area contributed by atoms with Crippen LogP contribution in [-0.4, -0.2) is 50.1 Å². The maximum absolute atomic E-state index is 6.20. The zero-order valence-corrected chi connectivity index (χ0v) is 18.4. The third kappa shape index (κ3) is 9.11. The lowest BCUT2D eigenvalue weighted by molar-refractivity contribution is 0.331. The molecule has 0 atom stereocenters. The fourth-order valence-corrected chi connectivity index (χ4v) is 3.23. The molecule has 25 heavy (non-hydrogen) atoms. The first-order valence-corrected chi connectivity index (χ1v) is 9.65.